The van der Waals surface area contributed by atoms with Crippen LogP contribution >= 0.6 is 0 Å². The second-order valence-electron chi connectivity index (χ2n) is 7.01. The first kappa shape index (κ1) is 15.1. The fraction of sp³-hybridized carbons (Fsp3) is 0.867. The fourth-order valence-corrected chi connectivity index (χ4v) is 2.55. The van der Waals surface area contributed by atoms with E-state index in [0.29, 0.717) is 18.5 Å². The molecule has 1 aliphatic heterocycles. The van der Waals surface area contributed by atoms with Crippen LogP contribution in [0.25, 0.3) is 0 Å². The van der Waals surface area contributed by atoms with Crippen LogP contribution in [-0.4, -0.2) is 41.1 Å². The smallest absolute Gasteiger partial charge is 0.410 e. The summed E-state index contributed by atoms with van der Waals surface area (Å²) < 4.78 is 5.41. The van der Waals surface area contributed by atoms with Crippen LogP contribution in [0.1, 0.15) is 53.4 Å². The van der Waals surface area contributed by atoms with Gasteiger partial charge >= 0.3 is 6.09 Å². The summed E-state index contributed by atoms with van der Waals surface area (Å²) in [4.78, 5) is 26.1. The molecular weight excluding hydrogens is 256 g/mol. The molecule has 0 unspecified atom stereocenters. The van der Waals surface area contributed by atoms with Gasteiger partial charge in [0.2, 0.25) is 5.91 Å². The highest BCUT2D eigenvalue weighted by Gasteiger charge is 2.39. The molecule has 3 atom stereocenters. The van der Waals surface area contributed by atoms with Crippen molar-refractivity contribution in [1.29, 1.82) is 0 Å². The van der Waals surface area contributed by atoms with E-state index in [2.05, 4.69) is 12.2 Å². The maximum absolute atomic E-state index is 12.3. The van der Waals surface area contributed by atoms with Crippen molar-refractivity contribution in [3.05, 3.63) is 0 Å². The lowest BCUT2D eigenvalue weighted by atomic mass is 10.0. The molecule has 5 heteroatoms. The highest BCUT2D eigenvalue weighted by Crippen LogP contribution is 2.30. The Hall–Kier alpha value is -1.26. The van der Waals surface area contributed by atoms with Crippen molar-refractivity contribution in [1.82, 2.24) is 10.2 Å². The number of carbonyl (C=O) groups is 2. The highest BCUT2D eigenvalue weighted by molar-refractivity contribution is 5.86. The molecule has 0 aromatic rings. The van der Waals surface area contributed by atoms with E-state index in [9.17, 15) is 9.59 Å². The maximum atomic E-state index is 12.3. The molecule has 0 bridgehead atoms. The number of carbonyl (C=O) groups excluding carboxylic acids is 2. The summed E-state index contributed by atoms with van der Waals surface area (Å²) in [5, 5.41) is 3.03. The Morgan fingerprint density at radius 2 is 1.90 bits per heavy atom. The summed E-state index contributed by atoms with van der Waals surface area (Å²) in [5.74, 6) is 0.544. The van der Waals surface area contributed by atoms with Crippen LogP contribution in [0.4, 0.5) is 4.79 Å². The van der Waals surface area contributed by atoms with E-state index < -0.39 is 5.60 Å². The molecule has 0 radical (unpaired) electrons. The number of nitrogens with one attached hydrogen (secondary N) is 1. The molecule has 5 nitrogen and oxygen atoms in total. The first-order chi connectivity index (χ1) is 9.28. The number of hydrogen-bond donors (Lipinski definition) is 1. The molecule has 114 valence electrons. The van der Waals surface area contributed by atoms with Gasteiger partial charge in [-0.25, -0.2) is 4.79 Å². The Labute approximate surface area is 121 Å². The zero-order valence-corrected chi connectivity index (χ0v) is 12.9. The number of ether oxygens (including phenoxy) is 1. The minimum atomic E-state index is -0.527. The lowest BCUT2D eigenvalue weighted by Crippen LogP contribution is -2.53. The van der Waals surface area contributed by atoms with Gasteiger partial charge in [-0.15, -0.1) is 0 Å². The first-order valence-corrected chi connectivity index (χ1v) is 7.58. The summed E-state index contributed by atoms with van der Waals surface area (Å²) in [5.41, 5.74) is -0.527. The summed E-state index contributed by atoms with van der Waals surface area (Å²) in [6, 6.07) is -0.0729. The van der Waals surface area contributed by atoms with Crippen LogP contribution in [0.15, 0.2) is 0 Å². The third-order valence-corrected chi connectivity index (χ3v) is 3.87. The third kappa shape index (κ3) is 3.87. The Balaban J connectivity index is 1.97. The summed E-state index contributed by atoms with van der Waals surface area (Å²) in [7, 11) is 0. The van der Waals surface area contributed by atoms with Gasteiger partial charge in [-0.1, -0.05) is 6.92 Å². The molecule has 1 heterocycles. The minimum Gasteiger partial charge on any atom is -0.444 e. The lowest BCUT2D eigenvalue weighted by Gasteiger charge is -2.35. The quantitative estimate of drug-likeness (QED) is 0.845. The van der Waals surface area contributed by atoms with Gasteiger partial charge in [-0.05, 0) is 52.4 Å². The van der Waals surface area contributed by atoms with Gasteiger partial charge < -0.3 is 10.1 Å². The first-order valence-electron chi connectivity index (χ1n) is 7.58. The largest absolute Gasteiger partial charge is 0.444 e. The molecule has 20 heavy (non-hydrogen) atoms. The number of hydrogen-bond acceptors (Lipinski definition) is 3. The van der Waals surface area contributed by atoms with Crippen molar-refractivity contribution in [2.24, 2.45) is 5.92 Å². The minimum absolute atomic E-state index is 0.0232. The van der Waals surface area contributed by atoms with E-state index in [0.717, 1.165) is 25.7 Å². The average Bonchev–Trinajstić information content (AvgIpc) is 3.02. The second-order valence-corrected chi connectivity index (χ2v) is 7.01. The number of amides is 2. The van der Waals surface area contributed by atoms with Crippen molar-refractivity contribution >= 4 is 12.0 Å². The van der Waals surface area contributed by atoms with Gasteiger partial charge in [-0.3, -0.25) is 9.69 Å². The number of rotatable bonds is 2. The van der Waals surface area contributed by atoms with E-state index in [4.69, 9.17) is 4.74 Å². The predicted octanol–water partition coefficient (Wildman–Crippen LogP) is 2.30. The standard InChI is InChI=1S/C15H26N2O3/c1-10-9-11(10)16-13(18)12-7-5-6-8-17(12)14(19)20-15(2,3)4/h10-12H,5-9H2,1-4H3,(H,16,18)/t10-,11+,12-/m1/s1. The van der Waals surface area contributed by atoms with Crippen molar-refractivity contribution in [3.63, 3.8) is 0 Å². The average molecular weight is 282 g/mol. The van der Waals surface area contributed by atoms with Crippen LogP contribution in [0.3, 0.4) is 0 Å². The van der Waals surface area contributed by atoms with Crippen LogP contribution in [-0.2, 0) is 9.53 Å². The van der Waals surface area contributed by atoms with Crippen LogP contribution in [0.5, 0.6) is 0 Å². The van der Waals surface area contributed by atoms with Crippen LogP contribution in [0.2, 0.25) is 0 Å². The fourth-order valence-electron chi connectivity index (χ4n) is 2.55. The van der Waals surface area contributed by atoms with Gasteiger partial charge in [-0.2, -0.15) is 0 Å². The van der Waals surface area contributed by atoms with Gasteiger partial charge in [0.15, 0.2) is 0 Å². The monoisotopic (exact) mass is 282 g/mol. The van der Waals surface area contributed by atoms with Crippen LogP contribution in [0, 0.1) is 5.92 Å². The molecule has 0 aromatic heterocycles. The SMILES string of the molecule is C[C@@H]1C[C@@H]1NC(=O)[C@H]1CCCCN1C(=O)OC(C)(C)C. The maximum Gasteiger partial charge on any atom is 0.410 e. The molecule has 1 saturated heterocycles. The molecular formula is C15H26N2O3. The molecule has 0 aromatic carbocycles. The molecule has 2 rings (SSSR count). The van der Waals surface area contributed by atoms with E-state index in [1.807, 2.05) is 20.8 Å². The molecule has 0 spiro atoms. The Morgan fingerprint density at radius 3 is 2.45 bits per heavy atom. The van der Waals surface area contributed by atoms with Crippen molar-refractivity contribution in [3.8, 4) is 0 Å². The Kier molecular flexibility index (Phi) is 4.25. The summed E-state index contributed by atoms with van der Waals surface area (Å²) in [6.07, 6.45) is 3.32. The molecule has 2 amide bonds. The predicted molar refractivity (Wildman–Crippen MR) is 76.3 cm³/mol. The Morgan fingerprint density at radius 1 is 1.25 bits per heavy atom. The Bertz CT molecular complexity index is 389. The van der Waals surface area contributed by atoms with Crippen molar-refractivity contribution in [2.75, 3.05) is 6.54 Å². The van der Waals surface area contributed by atoms with Gasteiger partial charge in [0.05, 0.1) is 0 Å². The molecule has 1 N–H and O–H groups in total. The zero-order valence-electron chi connectivity index (χ0n) is 12.9. The van der Waals surface area contributed by atoms with Gasteiger partial charge in [0.1, 0.15) is 11.6 Å². The molecule has 2 fully saturated rings. The van der Waals surface area contributed by atoms with Crippen molar-refractivity contribution < 1.29 is 14.3 Å². The van der Waals surface area contributed by atoms with Crippen LogP contribution < -0.4 is 5.32 Å². The molecule has 1 saturated carbocycles. The highest BCUT2D eigenvalue weighted by atomic mass is 16.6. The summed E-state index contributed by atoms with van der Waals surface area (Å²) >= 11 is 0. The van der Waals surface area contributed by atoms with E-state index in [-0.39, 0.29) is 18.0 Å². The number of likely N-dealkylation sites (tertiary alicyclic amines) is 1. The van der Waals surface area contributed by atoms with E-state index in [1.165, 1.54) is 0 Å². The van der Waals surface area contributed by atoms with E-state index >= 15 is 0 Å². The number of nitrogens with zero attached hydrogens (tertiary/aromatic N) is 1. The van der Waals surface area contributed by atoms with E-state index in [1.54, 1.807) is 4.90 Å². The van der Waals surface area contributed by atoms with Gasteiger partial charge in [0, 0.05) is 12.6 Å². The van der Waals surface area contributed by atoms with Crippen molar-refractivity contribution in [2.45, 2.75) is 71.1 Å². The lowest BCUT2D eigenvalue weighted by molar-refractivity contribution is -0.127. The third-order valence-electron chi connectivity index (χ3n) is 3.87. The zero-order chi connectivity index (χ0) is 14.9. The van der Waals surface area contributed by atoms with Gasteiger partial charge in [0.25, 0.3) is 0 Å². The normalized spacial score (nSPS) is 29.8. The molecule has 1 aliphatic carbocycles. The topological polar surface area (TPSA) is 58.6 Å². The number of piperidine rings is 1. The molecule has 2 aliphatic rings. The summed E-state index contributed by atoms with van der Waals surface area (Å²) in [6.45, 7) is 8.26. The second kappa shape index (κ2) is 5.62.